The van der Waals surface area contributed by atoms with E-state index in [0.29, 0.717) is 0 Å². The number of rotatable bonds is 1. The summed E-state index contributed by atoms with van der Waals surface area (Å²) in [7, 11) is 0. The van der Waals surface area contributed by atoms with Gasteiger partial charge in [0.25, 0.3) is 0 Å². The van der Waals surface area contributed by atoms with Gasteiger partial charge in [-0.1, -0.05) is 38.4 Å². The van der Waals surface area contributed by atoms with Crippen molar-refractivity contribution in [1.29, 1.82) is 5.26 Å². The Morgan fingerprint density at radius 1 is 1.45 bits per heavy atom. The molecule has 0 radical (unpaired) electrons. The smallest absolute Gasteiger partial charge is 0.0912 e. The standard InChI is InChI=1S/C9H12ClN/c1-9(2,3)8(10)6-4-5-7-11/h4-6H,1-3H3/b5-4-,8-6-. The third-order valence-electron chi connectivity index (χ3n) is 1.13. The number of nitrogens with zero attached hydrogens (tertiary/aromatic N) is 1. The van der Waals surface area contributed by atoms with Crippen LogP contribution in [0.15, 0.2) is 23.3 Å². The lowest BCUT2D eigenvalue weighted by molar-refractivity contribution is 0.531. The fourth-order valence-electron chi connectivity index (χ4n) is 0.426. The lowest BCUT2D eigenvalue weighted by Gasteiger charge is -2.16. The molecule has 0 heterocycles. The lowest BCUT2D eigenvalue weighted by Crippen LogP contribution is -2.03. The molecule has 0 aliphatic heterocycles. The summed E-state index contributed by atoms with van der Waals surface area (Å²) in [5.74, 6) is 0. The molecule has 0 amide bonds. The molecule has 0 saturated carbocycles. The second-order valence-corrected chi connectivity index (χ2v) is 3.66. The number of allylic oxidation sites excluding steroid dienone is 4. The molecular weight excluding hydrogens is 158 g/mol. The molecule has 11 heavy (non-hydrogen) atoms. The van der Waals surface area contributed by atoms with Crippen molar-refractivity contribution < 1.29 is 0 Å². The van der Waals surface area contributed by atoms with Crippen molar-refractivity contribution >= 4 is 11.6 Å². The van der Waals surface area contributed by atoms with Crippen molar-refractivity contribution in [3.05, 3.63) is 23.3 Å². The molecule has 0 atom stereocenters. The Kier molecular flexibility index (Phi) is 3.92. The van der Waals surface area contributed by atoms with Crippen molar-refractivity contribution in [2.24, 2.45) is 5.41 Å². The van der Waals surface area contributed by atoms with Crippen molar-refractivity contribution in [2.45, 2.75) is 20.8 Å². The van der Waals surface area contributed by atoms with E-state index >= 15 is 0 Å². The fourth-order valence-corrected chi connectivity index (χ4v) is 0.498. The average Bonchev–Trinajstić information content (AvgIpc) is 1.86. The van der Waals surface area contributed by atoms with Gasteiger partial charge >= 0.3 is 0 Å². The van der Waals surface area contributed by atoms with Gasteiger partial charge in [-0.3, -0.25) is 0 Å². The first-order valence-electron chi connectivity index (χ1n) is 3.41. The van der Waals surface area contributed by atoms with Crippen LogP contribution in [0.5, 0.6) is 0 Å². The fraction of sp³-hybridized carbons (Fsp3) is 0.444. The van der Waals surface area contributed by atoms with Crippen LogP contribution in [0.3, 0.4) is 0 Å². The molecule has 0 saturated heterocycles. The van der Waals surface area contributed by atoms with Gasteiger partial charge in [-0.05, 0) is 11.5 Å². The highest BCUT2D eigenvalue weighted by atomic mass is 35.5. The Morgan fingerprint density at radius 2 is 2.00 bits per heavy atom. The molecule has 2 heteroatoms. The van der Waals surface area contributed by atoms with Gasteiger partial charge < -0.3 is 0 Å². The first kappa shape index (κ1) is 10.3. The molecule has 0 rings (SSSR count). The molecule has 0 aliphatic rings. The zero-order valence-electron chi connectivity index (χ0n) is 7.06. The third-order valence-corrected chi connectivity index (χ3v) is 1.82. The van der Waals surface area contributed by atoms with Crippen LogP contribution in [-0.4, -0.2) is 0 Å². The van der Waals surface area contributed by atoms with E-state index in [2.05, 4.69) is 0 Å². The Balaban J connectivity index is 4.26. The highest BCUT2D eigenvalue weighted by Gasteiger charge is 2.13. The second-order valence-electron chi connectivity index (χ2n) is 3.25. The van der Waals surface area contributed by atoms with Gasteiger partial charge in [-0.25, -0.2) is 0 Å². The zero-order valence-corrected chi connectivity index (χ0v) is 7.81. The Labute approximate surface area is 73.0 Å². The van der Waals surface area contributed by atoms with Crippen LogP contribution < -0.4 is 0 Å². The maximum Gasteiger partial charge on any atom is 0.0912 e. The molecule has 1 nitrogen and oxygen atoms in total. The Morgan fingerprint density at radius 3 is 2.36 bits per heavy atom. The maximum absolute atomic E-state index is 8.17. The van der Waals surface area contributed by atoms with Crippen LogP contribution in [-0.2, 0) is 0 Å². The Bertz CT molecular complexity index is 213. The van der Waals surface area contributed by atoms with Crippen molar-refractivity contribution in [1.82, 2.24) is 0 Å². The minimum absolute atomic E-state index is 0.0264. The van der Waals surface area contributed by atoms with Gasteiger partial charge in [-0.2, -0.15) is 5.26 Å². The summed E-state index contributed by atoms with van der Waals surface area (Å²) < 4.78 is 0. The van der Waals surface area contributed by atoms with Crippen LogP contribution in [0.4, 0.5) is 0 Å². The second kappa shape index (κ2) is 4.20. The van der Waals surface area contributed by atoms with Gasteiger partial charge in [0.05, 0.1) is 6.07 Å². The van der Waals surface area contributed by atoms with E-state index in [1.165, 1.54) is 6.08 Å². The summed E-state index contributed by atoms with van der Waals surface area (Å²) in [6, 6.07) is 1.89. The predicted octanol–water partition coefficient (Wildman–Crippen LogP) is 3.23. The summed E-state index contributed by atoms with van der Waals surface area (Å²) in [6.07, 6.45) is 4.78. The summed E-state index contributed by atoms with van der Waals surface area (Å²) in [5, 5.41) is 8.93. The minimum atomic E-state index is -0.0264. The van der Waals surface area contributed by atoms with Crippen LogP contribution in [0, 0.1) is 16.7 Å². The van der Waals surface area contributed by atoms with Gasteiger partial charge in [0.15, 0.2) is 0 Å². The summed E-state index contributed by atoms with van der Waals surface area (Å²) in [5.41, 5.74) is -0.0264. The van der Waals surface area contributed by atoms with Crippen LogP contribution in [0.25, 0.3) is 0 Å². The van der Waals surface area contributed by atoms with Gasteiger partial charge in [-0.15, -0.1) is 0 Å². The molecule has 0 bridgehead atoms. The minimum Gasteiger partial charge on any atom is -0.193 e. The molecule has 60 valence electrons. The summed E-state index contributed by atoms with van der Waals surface area (Å²) >= 11 is 5.89. The number of hydrogen-bond acceptors (Lipinski definition) is 1. The highest BCUT2D eigenvalue weighted by molar-refractivity contribution is 6.30. The van der Waals surface area contributed by atoms with Crippen LogP contribution >= 0.6 is 11.6 Å². The van der Waals surface area contributed by atoms with E-state index in [1.807, 2.05) is 26.8 Å². The SMILES string of the molecule is CC(C)(C)/C(Cl)=C/C=C\C#N. The van der Waals surface area contributed by atoms with Gasteiger partial charge in [0.2, 0.25) is 0 Å². The largest absolute Gasteiger partial charge is 0.193 e. The van der Waals surface area contributed by atoms with E-state index in [4.69, 9.17) is 16.9 Å². The van der Waals surface area contributed by atoms with E-state index in [1.54, 1.807) is 12.2 Å². The van der Waals surface area contributed by atoms with Crippen LogP contribution in [0.1, 0.15) is 20.8 Å². The van der Waals surface area contributed by atoms with Gasteiger partial charge in [0.1, 0.15) is 0 Å². The molecule has 0 N–H and O–H groups in total. The topological polar surface area (TPSA) is 23.8 Å². The number of halogens is 1. The average molecular weight is 170 g/mol. The molecule has 0 spiro atoms. The molecule has 0 aromatic rings. The van der Waals surface area contributed by atoms with Crippen LogP contribution in [0.2, 0.25) is 0 Å². The molecule has 0 fully saturated rings. The maximum atomic E-state index is 8.17. The van der Waals surface area contributed by atoms with E-state index in [0.717, 1.165) is 5.03 Å². The highest BCUT2D eigenvalue weighted by Crippen LogP contribution is 2.27. The molecule has 0 aliphatic carbocycles. The first-order chi connectivity index (χ1) is 4.98. The molecular formula is C9H12ClN. The lowest BCUT2D eigenvalue weighted by atomic mass is 9.96. The van der Waals surface area contributed by atoms with Gasteiger partial charge in [0, 0.05) is 11.1 Å². The molecule has 0 aromatic heterocycles. The summed E-state index contributed by atoms with van der Waals surface area (Å²) in [4.78, 5) is 0. The molecule has 0 aromatic carbocycles. The zero-order chi connectivity index (χ0) is 8.91. The first-order valence-corrected chi connectivity index (χ1v) is 3.78. The summed E-state index contributed by atoms with van der Waals surface area (Å²) in [6.45, 7) is 6.06. The monoisotopic (exact) mass is 169 g/mol. The Hall–Kier alpha value is -0.740. The van der Waals surface area contributed by atoms with Crippen molar-refractivity contribution in [3.8, 4) is 6.07 Å². The van der Waals surface area contributed by atoms with Crippen molar-refractivity contribution in [3.63, 3.8) is 0 Å². The number of hydrogen-bond donors (Lipinski definition) is 0. The number of nitriles is 1. The van der Waals surface area contributed by atoms with E-state index in [9.17, 15) is 0 Å². The predicted molar refractivity (Wildman–Crippen MR) is 48.1 cm³/mol. The van der Waals surface area contributed by atoms with E-state index < -0.39 is 0 Å². The van der Waals surface area contributed by atoms with Crippen molar-refractivity contribution in [2.75, 3.05) is 0 Å². The quantitative estimate of drug-likeness (QED) is 0.437. The normalized spacial score (nSPS) is 13.5. The molecule has 0 unspecified atom stereocenters. The van der Waals surface area contributed by atoms with E-state index in [-0.39, 0.29) is 5.41 Å². The third kappa shape index (κ3) is 4.64.